The maximum Gasteiger partial charge on any atom is 0.145 e. The zero-order valence-electron chi connectivity index (χ0n) is 6.92. The molecule has 2 nitrogen and oxygen atoms in total. The second-order valence-corrected chi connectivity index (χ2v) is 3.21. The largest absolute Gasteiger partial charge is 0.374 e. The molecule has 64 valence electrons. The van der Waals surface area contributed by atoms with Crippen LogP contribution in [0.15, 0.2) is 0 Å². The topological polar surface area (TPSA) is 26.3 Å². The Bertz CT molecular complexity index is 106. The van der Waals surface area contributed by atoms with Gasteiger partial charge in [-0.05, 0) is 18.8 Å². The highest BCUT2D eigenvalue weighted by Gasteiger charge is 2.12. The van der Waals surface area contributed by atoms with Crippen LogP contribution in [-0.2, 0) is 9.53 Å². The molecule has 1 saturated carbocycles. The van der Waals surface area contributed by atoms with Crippen molar-refractivity contribution in [3.8, 4) is 0 Å². The molecule has 0 heterocycles. The number of carbonyl (C=O) groups is 1. The minimum atomic E-state index is 0.274. The average molecular weight is 156 g/mol. The van der Waals surface area contributed by atoms with Crippen molar-refractivity contribution in [2.24, 2.45) is 5.92 Å². The van der Waals surface area contributed by atoms with Gasteiger partial charge in [0, 0.05) is 6.61 Å². The summed E-state index contributed by atoms with van der Waals surface area (Å²) in [6.45, 7) is 1.06. The summed E-state index contributed by atoms with van der Waals surface area (Å²) in [5.74, 6) is 0.726. The highest BCUT2D eigenvalue weighted by Crippen LogP contribution is 2.23. The van der Waals surface area contributed by atoms with Crippen LogP contribution in [0.25, 0.3) is 0 Å². The van der Waals surface area contributed by atoms with E-state index >= 15 is 0 Å². The van der Waals surface area contributed by atoms with Gasteiger partial charge in [0.25, 0.3) is 0 Å². The van der Waals surface area contributed by atoms with Gasteiger partial charge in [0.1, 0.15) is 12.9 Å². The van der Waals surface area contributed by atoms with Crippen molar-refractivity contribution < 1.29 is 9.53 Å². The van der Waals surface area contributed by atoms with Crippen LogP contribution in [-0.4, -0.2) is 19.5 Å². The first kappa shape index (κ1) is 8.72. The molecule has 0 amide bonds. The molecule has 1 aliphatic rings. The molecule has 2 heteroatoms. The Balaban J connectivity index is 2.00. The van der Waals surface area contributed by atoms with Crippen LogP contribution in [0.4, 0.5) is 0 Å². The summed E-state index contributed by atoms with van der Waals surface area (Å²) in [6.07, 6.45) is 7.47. The highest BCUT2D eigenvalue weighted by atomic mass is 16.5. The Morgan fingerprint density at radius 3 is 2.64 bits per heavy atom. The molecule has 1 rings (SSSR count). The Hall–Kier alpha value is -0.370. The third-order valence-electron chi connectivity index (χ3n) is 2.26. The molecule has 1 aliphatic carbocycles. The fraction of sp³-hybridized carbons (Fsp3) is 0.889. The average Bonchev–Trinajstić information content (AvgIpc) is 2.07. The van der Waals surface area contributed by atoms with E-state index in [0.29, 0.717) is 0 Å². The van der Waals surface area contributed by atoms with Gasteiger partial charge < -0.3 is 9.53 Å². The lowest BCUT2D eigenvalue weighted by Gasteiger charge is -2.20. The van der Waals surface area contributed by atoms with Crippen LogP contribution >= 0.6 is 0 Å². The van der Waals surface area contributed by atoms with Crippen molar-refractivity contribution >= 4 is 6.29 Å². The Kier molecular flexibility index (Phi) is 4.21. The van der Waals surface area contributed by atoms with E-state index in [1.54, 1.807) is 0 Å². The van der Waals surface area contributed by atoms with Crippen LogP contribution in [0.5, 0.6) is 0 Å². The van der Waals surface area contributed by atoms with Gasteiger partial charge in [-0.15, -0.1) is 0 Å². The Labute approximate surface area is 67.9 Å². The number of rotatable bonds is 4. The molecule has 0 aromatic carbocycles. The monoisotopic (exact) mass is 156 g/mol. The fourth-order valence-electron chi connectivity index (χ4n) is 1.64. The van der Waals surface area contributed by atoms with Crippen LogP contribution in [0.2, 0.25) is 0 Å². The van der Waals surface area contributed by atoms with E-state index in [9.17, 15) is 4.79 Å². The van der Waals surface area contributed by atoms with Crippen molar-refractivity contribution in [1.29, 1.82) is 0 Å². The Morgan fingerprint density at radius 2 is 2.00 bits per heavy atom. The molecule has 0 aliphatic heterocycles. The van der Waals surface area contributed by atoms with E-state index in [1.807, 2.05) is 0 Å². The molecular formula is C9H16O2. The second-order valence-electron chi connectivity index (χ2n) is 3.21. The molecule has 0 aromatic heterocycles. The van der Waals surface area contributed by atoms with E-state index in [-0.39, 0.29) is 6.61 Å². The minimum Gasteiger partial charge on any atom is -0.374 e. The third kappa shape index (κ3) is 3.51. The van der Waals surface area contributed by atoms with Crippen LogP contribution in [0, 0.1) is 5.92 Å². The van der Waals surface area contributed by atoms with Crippen LogP contribution in [0.1, 0.15) is 32.1 Å². The van der Waals surface area contributed by atoms with Crippen LogP contribution in [0.3, 0.4) is 0 Å². The molecule has 11 heavy (non-hydrogen) atoms. The summed E-state index contributed by atoms with van der Waals surface area (Å²) in [5.41, 5.74) is 0. The molecule has 0 aromatic rings. The number of hydrogen-bond donors (Lipinski definition) is 0. The van der Waals surface area contributed by atoms with E-state index in [4.69, 9.17) is 4.74 Å². The van der Waals surface area contributed by atoms with Gasteiger partial charge in [0.15, 0.2) is 0 Å². The molecule has 0 atom stereocenters. The molecule has 0 spiro atoms. The predicted octanol–water partition coefficient (Wildman–Crippen LogP) is 1.78. The van der Waals surface area contributed by atoms with Gasteiger partial charge in [-0.25, -0.2) is 0 Å². The van der Waals surface area contributed by atoms with Crippen molar-refractivity contribution in [2.45, 2.75) is 32.1 Å². The van der Waals surface area contributed by atoms with Crippen molar-refractivity contribution in [1.82, 2.24) is 0 Å². The maximum atomic E-state index is 9.92. The third-order valence-corrected chi connectivity index (χ3v) is 2.26. The standard InChI is InChI=1S/C9H16O2/c10-6-7-11-8-9-4-2-1-3-5-9/h6,9H,1-5,7-8H2. The molecule has 1 fully saturated rings. The summed E-state index contributed by atoms with van der Waals surface area (Å²) in [6, 6.07) is 0. The summed E-state index contributed by atoms with van der Waals surface area (Å²) in [7, 11) is 0. The molecule has 0 radical (unpaired) electrons. The first-order chi connectivity index (χ1) is 5.43. The van der Waals surface area contributed by atoms with E-state index in [1.165, 1.54) is 32.1 Å². The summed E-state index contributed by atoms with van der Waals surface area (Å²) < 4.78 is 5.15. The quantitative estimate of drug-likeness (QED) is 0.458. The Morgan fingerprint density at radius 1 is 1.27 bits per heavy atom. The number of hydrogen-bond acceptors (Lipinski definition) is 2. The lowest BCUT2D eigenvalue weighted by atomic mass is 9.90. The molecule has 0 saturated heterocycles. The first-order valence-corrected chi connectivity index (χ1v) is 4.45. The first-order valence-electron chi connectivity index (χ1n) is 4.45. The SMILES string of the molecule is O=CCOCC1CCCCC1. The van der Waals surface area contributed by atoms with Gasteiger partial charge in [0.2, 0.25) is 0 Å². The van der Waals surface area contributed by atoms with Crippen LogP contribution < -0.4 is 0 Å². The summed E-state index contributed by atoms with van der Waals surface area (Å²) >= 11 is 0. The van der Waals surface area contributed by atoms with Crippen molar-refractivity contribution in [3.05, 3.63) is 0 Å². The van der Waals surface area contributed by atoms with E-state index < -0.39 is 0 Å². The van der Waals surface area contributed by atoms with Gasteiger partial charge in [-0.1, -0.05) is 19.3 Å². The second kappa shape index (κ2) is 5.30. The number of ether oxygens (including phenoxy) is 1. The molecular weight excluding hydrogens is 140 g/mol. The zero-order valence-corrected chi connectivity index (χ0v) is 6.92. The van der Waals surface area contributed by atoms with Gasteiger partial charge in [-0.2, -0.15) is 0 Å². The smallest absolute Gasteiger partial charge is 0.145 e. The minimum absolute atomic E-state index is 0.274. The molecule has 0 unspecified atom stereocenters. The maximum absolute atomic E-state index is 9.92. The predicted molar refractivity (Wildman–Crippen MR) is 43.5 cm³/mol. The number of aldehydes is 1. The normalized spacial score (nSPS) is 20.0. The number of carbonyl (C=O) groups excluding carboxylic acids is 1. The lowest BCUT2D eigenvalue weighted by molar-refractivity contribution is -0.112. The highest BCUT2D eigenvalue weighted by molar-refractivity contribution is 5.50. The molecule has 0 N–H and O–H groups in total. The fourth-order valence-corrected chi connectivity index (χ4v) is 1.64. The van der Waals surface area contributed by atoms with Crippen molar-refractivity contribution in [2.75, 3.05) is 13.2 Å². The van der Waals surface area contributed by atoms with Gasteiger partial charge in [-0.3, -0.25) is 0 Å². The van der Waals surface area contributed by atoms with Crippen molar-refractivity contribution in [3.63, 3.8) is 0 Å². The summed E-state index contributed by atoms with van der Waals surface area (Å²) in [5, 5.41) is 0. The lowest BCUT2D eigenvalue weighted by Crippen LogP contribution is -2.13. The van der Waals surface area contributed by atoms with E-state index in [2.05, 4.69) is 0 Å². The summed E-state index contributed by atoms with van der Waals surface area (Å²) in [4.78, 5) is 9.92. The van der Waals surface area contributed by atoms with Gasteiger partial charge in [0.05, 0.1) is 0 Å². The molecule has 0 bridgehead atoms. The van der Waals surface area contributed by atoms with E-state index in [0.717, 1.165) is 18.8 Å². The zero-order chi connectivity index (χ0) is 7.94. The van der Waals surface area contributed by atoms with Gasteiger partial charge >= 0.3 is 0 Å².